The van der Waals surface area contributed by atoms with E-state index in [1.54, 1.807) is 6.07 Å². The van der Waals surface area contributed by atoms with Crippen molar-refractivity contribution in [2.75, 3.05) is 6.54 Å². The fourth-order valence-electron chi connectivity index (χ4n) is 3.14. The summed E-state index contributed by atoms with van der Waals surface area (Å²) in [6.07, 6.45) is 3.39. The van der Waals surface area contributed by atoms with Crippen LogP contribution in [0.3, 0.4) is 0 Å². The molecule has 0 spiro atoms. The van der Waals surface area contributed by atoms with E-state index in [2.05, 4.69) is 22.4 Å². The molecule has 0 saturated heterocycles. The van der Waals surface area contributed by atoms with E-state index >= 15 is 0 Å². The Morgan fingerprint density at radius 3 is 3.00 bits per heavy atom. The van der Waals surface area contributed by atoms with Gasteiger partial charge in [-0.2, -0.15) is 4.98 Å². The van der Waals surface area contributed by atoms with Crippen LogP contribution in [0.5, 0.6) is 0 Å². The molecule has 0 aliphatic heterocycles. The van der Waals surface area contributed by atoms with Gasteiger partial charge in [0.05, 0.1) is 5.92 Å². The molecule has 2 aromatic rings. The number of aromatic nitrogens is 2. The number of benzene rings is 1. The second-order valence-corrected chi connectivity index (χ2v) is 5.62. The number of hydrogen-bond acceptors (Lipinski definition) is 4. The molecule has 4 nitrogen and oxygen atoms in total. The van der Waals surface area contributed by atoms with Crippen molar-refractivity contribution in [3.8, 4) is 11.4 Å². The lowest BCUT2D eigenvalue weighted by Crippen LogP contribution is -2.31. The Balaban J connectivity index is 1.86. The highest BCUT2D eigenvalue weighted by molar-refractivity contribution is 5.59. The van der Waals surface area contributed by atoms with E-state index in [0.29, 0.717) is 17.8 Å². The van der Waals surface area contributed by atoms with Gasteiger partial charge in [-0.1, -0.05) is 18.5 Å². The first-order valence-corrected chi connectivity index (χ1v) is 7.52. The van der Waals surface area contributed by atoms with Gasteiger partial charge in [0, 0.05) is 11.6 Å². The Kier molecular flexibility index (Phi) is 4.01. The smallest absolute Gasteiger partial charge is 0.231 e. The van der Waals surface area contributed by atoms with Gasteiger partial charge >= 0.3 is 0 Å². The van der Waals surface area contributed by atoms with Crippen molar-refractivity contribution in [2.24, 2.45) is 0 Å². The second-order valence-electron chi connectivity index (χ2n) is 5.62. The van der Waals surface area contributed by atoms with Crippen molar-refractivity contribution < 1.29 is 8.91 Å². The van der Waals surface area contributed by atoms with E-state index in [4.69, 9.17) is 4.52 Å². The van der Waals surface area contributed by atoms with Crippen LogP contribution >= 0.6 is 0 Å². The molecule has 5 heteroatoms. The van der Waals surface area contributed by atoms with Gasteiger partial charge in [-0.15, -0.1) is 0 Å². The highest BCUT2D eigenvalue weighted by atomic mass is 19.1. The molecule has 21 heavy (non-hydrogen) atoms. The van der Waals surface area contributed by atoms with E-state index in [0.717, 1.165) is 30.5 Å². The third-order valence-corrected chi connectivity index (χ3v) is 4.17. The van der Waals surface area contributed by atoms with Crippen molar-refractivity contribution in [1.29, 1.82) is 0 Å². The van der Waals surface area contributed by atoms with Crippen LogP contribution in [0.2, 0.25) is 0 Å². The molecule has 1 saturated carbocycles. The van der Waals surface area contributed by atoms with Crippen LogP contribution in [0.1, 0.15) is 43.6 Å². The molecule has 0 amide bonds. The van der Waals surface area contributed by atoms with Crippen molar-refractivity contribution in [3.05, 3.63) is 35.5 Å². The molecule has 1 aliphatic carbocycles. The molecule has 1 aromatic carbocycles. The largest absolute Gasteiger partial charge is 0.339 e. The van der Waals surface area contributed by atoms with Crippen molar-refractivity contribution >= 4 is 0 Å². The molecule has 1 aliphatic rings. The van der Waals surface area contributed by atoms with E-state index in [1.807, 2.05) is 6.92 Å². The standard InChI is InChI=1S/C16H20FN3O/c1-3-18-14-6-4-5-13(14)16-19-15(20-21-16)12-8-7-11(17)9-10(12)2/h7-9,13-14,18H,3-6H2,1-2H3. The maximum absolute atomic E-state index is 13.2. The van der Waals surface area contributed by atoms with Crippen molar-refractivity contribution in [1.82, 2.24) is 15.5 Å². The maximum atomic E-state index is 13.2. The topological polar surface area (TPSA) is 51.0 Å². The molecule has 0 radical (unpaired) electrons. The van der Waals surface area contributed by atoms with E-state index in [-0.39, 0.29) is 11.7 Å². The summed E-state index contributed by atoms with van der Waals surface area (Å²) < 4.78 is 18.6. The normalized spacial score (nSPS) is 21.9. The monoisotopic (exact) mass is 289 g/mol. The number of nitrogens with one attached hydrogen (secondary N) is 1. The van der Waals surface area contributed by atoms with Crippen molar-refractivity contribution in [3.63, 3.8) is 0 Å². The summed E-state index contributed by atoms with van der Waals surface area (Å²) in [7, 11) is 0. The predicted octanol–water partition coefficient (Wildman–Crippen LogP) is 3.43. The van der Waals surface area contributed by atoms with Gasteiger partial charge < -0.3 is 9.84 Å². The van der Waals surface area contributed by atoms with Crippen molar-refractivity contribution in [2.45, 2.75) is 45.1 Å². The summed E-state index contributed by atoms with van der Waals surface area (Å²) in [5.41, 5.74) is 1.64. The Morgan fingerprint density at radius 2 is 2.24 bits per heavy atom. The zero-order valence-corrected chi connectivity index (χ0v) is 12.4. The third-order valence-electron chi connectivity index (χ3n) is 4.17. The number of aryl methyl sites for hydroxylation is 1. The molecule has 112 valence electrons. The molecule has 2 unspecified atom stereocenters. The van der Waals surface area contributed by atoms with Crippen LogP contribution in [0.25, 0.3) is 11.4 Å². The summed E-state index contributed by atoms with van der Waals surface area (Å²) in [5, 5.41) is 7.56. The predicted molar refractivity (Wildman–Crippen MR) is 78.5 cm³/mol. The number of rotatable bonds is 4. The van der Waals surface area contributed by atoms with Crippen LogP contribution < -0.4 is 5.32 Å². The van der Waals surface area contributed by atoms with Crippen LogP contribution in [-0.4, -0.2) is 22.7 Å². The fourth-order valence-corrected chi connectivity index (χ4v) is 3.14. The molecule has 0 bridgehead atoms. The Hall–Kier alpha value is -1.75. The van der Waals surface area contributed by atoms with Gasteiger partial charge in [0.1, 0.15) is 5.82 Å². The molecule has 1 fully saturated rings. The van der Waals surface area contributed by atoms with Gasteiger partial charge in [-0.05, 0) is 50.1 Å². The first kappa shape index (κ1) is 14.2. The van der Waals surface area contributed by atoms with Gasteiger partial charge in [-0.25, -0.2) is 4.39 Å². The first-order chi connectivity index (χ1) is 10.2. The van der Waals surface area contributed by atoms with Crippen LogP contribution in [0.15, 0.2) is 22.7 Å². The van der Waals surface area contributed by atoms with Gasteiger partial charge in [0.25, 0.3) is 0 Å². The van der Waals surface area contributed by atoms with Gasteiger partial charge in [0.15, 0.2) is 0 Å². The van der Waals surface area contributed by atoms with E-state index < -0.39 is 0 Å². The molecule has 2 atom stereocenters. The number of halogens is 1. The summed E-state index contributed by atoms with van der Waals surface area (Å²) in [6, 6.07) is 5.03. The minimum absolute atomic E-state index is 0.247. The first-order valence-electron chi connectivity index (χ1n) is 7.52. The molecule has 1 N–H and O–H groups in total. The van der Waals surface area contributed by atoms with E-state index in [1.165, 1.54) is 18.6 Å². The number of nitrogens with zero attached hydrogens (tertiary/aromatic N) is 2. The molecular weight excluding hydrogens is 269 g/mol. The van der Waals surface area contributed by atoms with Crippen LogP contribution in [0.4, 0.5) is 4.39 Å². The van der Waals surface area contributed by atoms with Gasteiger partial charge in [0.2, 0.25) is 11.7 Å². The Bertz CT molecular complexity index is 626. The zero-order chi connectivity index (χ0) is 14.8. The quantitative estimate of drug-likeness (QED) is 0.937. The average molecular weight is 289 g/mol. The van der Waals surface area contributed by atoms with Crippen LogP contribution in [0, 0.1) is 12.7 Å². The molecule has 3 rings (SSSR count). The Labute approximate surface area is 123 Å². The number of likely N-dealkylation sites (N-methyl/N-ethyl adjacent to an activating group) is 1. The Morgan fingerprint density at radius 1 is 1.38 bits per heavy atom. The summed E-state index contributed by atoms with van der Waals surface area (Å²) in [4.78, 5) is 4.55. The fraction of sp³-hybridized carbons (Fsp3) is 0.500. The zero-order valence-electron chi connectivity index (χ0n) is 12.4. The SMILES string of the molecule is CCNC1CCCC1c1nc(-c2ccc(F)cc2C)no1. The highest BCUT2D eigenvalue weighted by Gasteiger charge is 2.32. The average Bonchev–Trinajstić information content (AvgIpc) is 3.07. The van der Waals surface area contributed by atoms with Gasteiger partial charge in [-0.3, -0.25) is 0 Å². The maximum Gasteiger partial charge on any atom is 0.231 e. The third kappa shape index (κ3) is 2.83. The minimum Gasteiger partial charge on any atom is -0.339 e. The summed E-state index contributed by atoms with van der Waals surface area (Å²) in [5.74, 6) is 1.27. The lowest BCUT2D eigenvalue weighted by Gasteiger charge is -2.16. The minimum atomic E-state index is -0.247. The summed E-state index contributed by atoms with van der Waals surface area (Å²) in [6.45, 7) is 4.90. The second kappa shape index (κ2) is 5.93. The van der Waals surface area contributed by atoms with Crippen LogP contribution in [-0.2, 0) is 0 Å². The summed E-state index contributed by atoms with van der Waals surface area (Å²) >= 11 is 0. The molecule has 1 heterocycles. The van der Waals surface area contributed by atoms with E-state index in [9.17, 15) is 4.39 Å². The lowest BCUT2D eigenvalue weighted by molar-refractivity contribution is 0.332. The molecular formula is C16H20FN3O. The lowest BCUT2D eigenvalue weighted by atomic mass is 10.0. The molecule has 1 aromatic heterocycles. The number of hydrogen-bond donors (Lipinski definition) is 1. The highest BCUT2D eigenvalue weighted by Crippen LogP contribution is 2.34.